The molecule has 0 spiro atoms. The van der Waals surface area contributed by atoms with Crippen molar-refractivity contribution in [2.45, 2.75) is 12.0 Å². The molecule has 2 aromatic rings. The van der Waals surface area contributed by atoms with Crippen LogP contribution in [-0.4, -0.2) is 33.1 Å². The van der Waals surface area contributed by atoms with Gasteiger partial charge < -0.3 is 20.4 Å². The summed E-state index contributed by atoms with van der Waals surface area (Å²) in [5.74, 6) is -0.0412. The third-order valence-electron chi connectivity index (χ3n) is 3.27. The van der Waals surface area contributed by atoms with Crippen LogP contribution in [0.15, 0.2) is 54.6 Å². The topological polar surface area (TPSA) is 80.9 Å². The van der Waals surface area contributed by atoms with Crippen molar-refractivity contribution in [2.75, 3.05) is 6.61 Å². The molecule has 0 aromatic heterocycles. The van der Waals surface area contributed by atoms with Gasteiger partial charge in [-0.1, -0.05) is 36.4 Å². The van der Waals surface area contributed by atoms with Gasteiger partial charge in [-0.05, 0) is 35.4 Å². The zero-order valence-electron chi connectivity index (χ0n) is 11.4. The Hall–Kier alpha value is -2.30. The Balaban J connectivity index is 2.24. The number of phenols is 2. The lowest BCUT2D eigenvalue weighted by Crippen LogP contribution is -2.20. The van der Waals surface area contributed by atoms with Crippen molar-refractivity contribution in [1.29, 1.82) is 0 Å². The van der Waals surface area contributed by atoms with Crippen molar-refractivity contribution in [3.63, 3.8) is 0 Å². The van der Waals surface area contributed by atoms with Crippen molar-refractivity contribution in [2.24, 2.45) is 0 Å². The van der Waals surface area contributed by atoms with Gasteiger partial charge in [0.15, 0.2) is 0 Å². The molecule has 4 N–H and O–H groups in total. The molecule has 2 rings (SSSR count). The summed E-state index contributed by atoms with van der Waals surface area (Å²) in [6.45, 7) is -0.356. The first kappa shape index (κ1) is 15.1. The Labute approximate surface area is 123 Å². The van der Waals surface area contributed by atoms with Crippen LogP contribution in [0.5, 0.6) is 11.5 Å². The summed E-state index contributed by atoms with van der Waals surface area (Å²) >= 11 is 0. The van der Waals surface area contributed by atoms with Crippen LogP contribution in [0.25, 0.3) is 6.08 Å². The Morgan fingerprint density at radius 1 is 0.857 bits per heavy atom. The first-order valence-electron chi connectivity index (χ1n) is 6.65. The fourth-order valence-corrected chi connectivity index (χ4v) is 2.07. The summed E-state index contributed by atoms with van der Waals surface area (Å²) in [4.78, 5) is 0. The maximum Gasteiger partial charge on any atom is 0.115 e. The molecule has 0 amide bonds. The Kier molecular flexibility index (Phi) is 4.98. The molecule has 0 aliphatic heterocycles. The molecule has 4 nitrogen and oxygen atoms in total. The van der Waals surface area contributed by atoms with Crippen LogP contribution in [0.3, 0.4) is 0 Å². The monoisotopic (exact) mass is 286 g/mol. The van der Waals surface area contributed by atoms with Gasteiger partial charge in [-0.3, -0.25) is 0 Å². The van der Waals surface area contributed by atoms with Gasteiger partial charge in [0.05, 0.1) is 12.7 Å². The predicted octanol–water partition coefficient (Wildman–Crippen LogP) is 2.25. The highest BCUT2D eigenvalue weighted by atomic mass is 16.3. The van der Waals surface area contributed by atoms with Gasteiger partial charge in [0.25, 0.3) is 0 Å². The van der Waals surface area contributed by atoms with Gasteiger partial charge >= 0.3 is 0 Å². The minimum absolute atomic E-state index is 0.151. The van der Waals surface area contributed by atoms with Gasteiger partial charge in [-0.25, -0.2) is 0 Å². The highest BCUT2D eigenvalue weighted by Gasteiger charge is 2.17. The number of aromatic hydroxyl groups is 2. The maximum atomic E-state index is 9.96. The molecule has 1 unspecified atom stereocenters. The van der Waals surface area contributed by atoms with Crippen LogP contribution in [0.2, 0.25) is 0 Å². The fraction of sp³-hybridized carbons (Fsp3) is 0.176. The molecule has 4 heteroatoms. The Morgan fingerprint density at radius 2 is 1.38 bits per heavy atom. The van der Waals surface area contributed by atoms with Gasteiger partial charge in [-0.2, -0.15) is 0 Å². The first-order valence-corrected chi connectivity index (χ1v) is 6.65. The summed E-state index contributed by atoms with van der Waals surface area (Å²) < 4.78 is 0. The normalized spacial score (nSPS) is 14.2. The lowest BCUT2D eigenvalue weighted by Gasteiger charge is -2.18. The molecule has 0 heterocycles. The standard InChI is InChI=1S/C17H18O4/c18-11-17(21)16(13-4-8-15(20)9-5-13)10-3-12-1-6-14(19)7-2-12/h1-10,16-21H,11H2/b10-3-/t16-,17?/m0/s1. The van der Waals surface area contributed by atoms with E-state index in [0.29, 0.717) is 0 Å². The number of phenolic OH excluding ortho intramolecular Hbond substituents is 2. The van der Waals surface area contributed by atoms with Crippen molar-refractivity contribution >= 4 is 6.08 Å². The predicted molar refractivity (Wildman–Crippen MR) is 81.1 cm³/mol. The third kappa shape index (κ3) is 4.08. The zero-order chi connectivity index (χ0) is 15.2. The van der Waals surface area contributed by atoms with Crippen molar-refractivity contribution in [3.05, 3.63) is 65.7 Å². The van der Waals surface area contributed by atoms with E-state index >= 15 is 0 Å². The van der Waals surface area contributed by atoms with E-state index in [9.17, 15) is 20.4 Å². The lowest BCUT2D eigenvalue weighted by molar-refractivity contribution is 0.0842. The van der Waals surface area contributed by atoms with E-state index in [1.807, 2.05) is 6.08 Å². The molecule has 0 aliphatic rings. The van der Waals surface area contributed by atoms with E-state index in [2.05, 4.69) is 0 Å². The molecule has 2 atom stereocenters. The average Bonchev–Trinajstić information content (AvgIpc) is 2.50. The molecule has 0 saturated heterocycles. The van der Waals surface area contributed by atoms with Crippen molar-refractivity contribution in [1.82, 2.24) is 0 Å². The van der Waals surface area contributed by atoms with Crippen molar-refractivity contribution < 1.29 is 20.4 Å². The molecule has 21 heavy (non-hydrogen) atoms. The van der Waals surface area contributed by atoms with E-state index < -0.39 is 6.10 Å². The average molecular weight is 286 g/mol. The molecular weight excluding hydrogens is 268 g/mol. The van der Waals surface area contributed by atoms with Crippen LogP contribution in [0.1, 0.15) is 17.0 Å². The van der Waals surface area contributed by atoms with E-state index in [1.54, 1.807) is 54.6 Å². The fourth-order valence-electron chi connectivity index (χ4n) is 2.07. The third-order valence-corrected chi connectivity index (χ3v) is 3.27. The summed E-state index contributed by atoms with van der Waals surface area (Å²) in [7, 11) is 0. The number of aliphatic hydroxyl groups excluding tert-OH is 2. The van der Waals surface area contributed by atoms with Gasteiger partial charge in [0.1, 0.15) is 11.5 Å². The smallest absolute Gasteiger partial charge is 0.115 e. The molecule has 0 bridgehead atoms. The van der Waals surface area contributed by atoms with Crippen LogP contribution in [0, 0.1) is 0 Å². The van der Waals surface area contributed by atoms with E-state index in [4.69, 9.17) is 0 Å². The molecule has 0 saturated carbocycles. The summed E-state index contributed by atoms with van der Waals surface area (Å²) in [6.07, 6.45) is 2.68. The Bertz CT molecular complexity index is 587. The molecule has 0 fully saturated rings. The SMILES string of the molecule is OCC(O)[C@@H](/C=C\c1ccc(O)cc1)c1ccc(O)cc1. The number of rotatable bonds is 5. The second-order valence-corrected chi connectivity index (χ2v) is 4.82. The number of hydrogen-bond donors (Lipinski definition) is 4. The quantitative estimate of drug-likeness (QED) is 0.679. The molecule has 2 aromatic carbocycles. The highest BCUT2D eigenvalue weighted by molar-refractivity contribution is 5.52. The van der Waals surface area contributed by atoms with E-state index in [-0.39, 0.29) is 24.0 Å². The summed E-state index contributed by atoms with van der Waals surface area (Å²) in [5.41, 5.74) is 1.67. The lowest BCUT2D eigenvalue weighted by atomic mass is 9.92. The molecular formula is C17H18O4. The van der Waals surface area contributed by atoms with Crippen LogP contribution >= 0.6 is 0 Å². The van der Waals surface area contributed by atoms with Crippen LogP contribution in [0.4, 0.5) is 0 Å². The van der Waals surface area contributed by atoms with Gasteiger partial charge in [-0.15, -0.1) is 0 Å². The van der Waals surface area contributed by atoms with E-state index in [1.165, 1.54) is 0 Å². The van der Waals surface area contributed by atoms with Crippen LogP contribution < -0.4 is 0 Å². The minimum Gasteiger partial charge on any atom is -0.508 e. The maximum absolute atomic E-state index is 9.96. The zero-order valence-corrected chi connectivity index (χ0v) is 11.4. The van der Waals surface area contributed by atoms with Gasteiger partial charge in [0, 0.05) is 5.92 Å². The summed E-state index contributed by atoms with van der Waals surface area (Å²) in [6, 6.07) is 13.2. The largest absolute Gasteiger partial charge is 0.508 e. The van der Waals surface area contributed by atoms with Gasteiger partial charge in [0.2, 0.25) is 0 Å². The Morgan fingerprint density at radius 3 is 1.90 bits per heavy atom. The molecule has 0 radical (unpaired) electrons. The summed E-state index contributed by atoms with van der Waals surface area (Å²) in [5, 5.41) is 37.7. The molecule has 110 valence electrons. The second kappa shape index (κ2) is 6.92. The van der Waals surface area contributed by atoms with E-state index in [0.717, 1.165) is 11.1 Å². The number of aliphatic hydroxyl groups is 2. The first-order chi connectivity index (χ1) is 10.1. The number of benzene rings is 2. The highest BCUT2D eigenvalue weighted by Crippen LogP contribution is 2.25. The second-order valence-electron chi connectivity index (χ2n) is 4.82. The van der Waals surface area contributed by atoms with Crippen LogP contribution in [-0.2, 0) is 0 Å². The molecule has 0 aliphatic carbocycles. The number of hydrogen-bond acceptors (Lipinski definition) is 4. The minimum atomic E-state index is -0.928. The van der Waals surface area contributed by atoms with Crippen molar-refractivity contribution in [3.8, 4) is 11.5 Å².